The molecule has 0 aliphatic heterocycles. The number of sulfonamides is 1. The van der Waals surface area contributed by atoms with Crippen molar-refractivity contribution in [3.05, 3.63) is 24.3 Å². The number of nitrogens with one attached hydrogen (secondary N) is 2. The van der Waals surface area contributed by atoms with Crippen LogP contribution in [-0.4, -0.2) is 44.4 Å². The Labute approximate surface area is 146 Å². The van der Waals surface area contributed by atoms with E-state index >= 15 is 0 Å². The van der Waals surface area contributed by atoms with Crippen LogP contribution in [0.3, 0.4) is 0 Å². The van der Waals surface area contributed by atoms with Gasteiger partial charge in [-0.15, -0.1) is 11.8 Å². The summed E-state index contributed by atoms with van der Waals surface area (Å²) in [7, 11) is -2.27. The van der Waals surface area contributed by atoms with Gasteiger partial charge in [0.05, 0.1) is 23.0 Å². The molecule has 1 rings (SSSR count). The number of thioether (sulfide) groups is 1. The van der Waals surface area contributed by atoms with E-state index in [2.05, 4.69) is 14.8 Å². The number of esters is 1. The smallest absolute Gasteiger partial charge is 0.315 e. The van der Waals surface area contributed by atoms with Crippen molar-refractivity contribution in [3.63, 3.8) is 0 Å². The molecule has 2 N–H and O–H groups in total. The topological polar surface area (TPSA) is 102 Å². The summed E-state index contributed by atoms with van der Waals surface area (Å²) in [6, 6.07) is 5.68. The van der Waals surface area contributed by atoms with E-state index in [9.17, 15) is 18.0 Å². The Morgan fingerprint density at radius 2 is 1.75 bits per heavy atom. The Bertz CT molecular complexity index is 672. The summed E-state index contributed by atoms with van der Waals surface area (Å²) in [5.74, 6) is -0.588. The van der Waals surface area contributed by atoms with Crippen molar-refractivity contribution >= 4 is 39.3 Å². The van der Waals surface area contributed by atoms with Gasteiger partial charge in [0.2, 0.25) is 15.9 Å². The maximum atomic E-state index is 12.0. The maximum Gasteiger partial charge on any atom is 0.315 e. The molecule has 0 saturated carbocycles. The fourth-order valence-electron chi connectivity index (χ4n) is 1.67. The van der Waals surface area contributed by atoms with Crippen LogP contribution in [0.1, 0.15) is 20.8 Å². The summed E-state index contributed by atoms with van der Waals surface area (Å²) in [6.07, 6.45) is 0. The third-order valence-electron chi connectivity index (χ3n) is 2.87. The minimum Gasteiger partial charge on any atom is -0.468 e. The van der Waals surface area contributed by atoms with Crippen LogP contribution in [0.15, 0.2) is 29.2 Å². The first kappa shape index (κ1) is 20.5. The molecule has 0 fully saturated rings. The van der Waals surface area contributed by atoms with Crippen molar-refractivity contribution in [3.8, 4) is 0 Å². The maximum absolute atomic E-state index is 12.0. The number of benzene rings is 1. The van der Waals surface area contributed by atoms with Crippen LogP contribution in [0.2, 0.25) is 0 Å². The Balaban J connectivity index is 2.67. The minimum absolute atomic E-state index is 0.0864. The zero-order chi connectivity index (χ0) is 18.3. The normalized spacial score (nSPS) is 12.7. The van der Waals surface area contributed by atoms with Crippen LogP contribution in [0.4, 0.5) is 5.69 Å². The molecule has 1 aromatic rings. The highest BCUT2D eigenvalue weighted by atomic mass is 32.2. The molecule has 1 amide bonds. The van der Waals surface area contributed by atoms with Crippen LogP contribution in [0, 0.1) is 0 Å². The van der Waals surface area contributed by atoms with E-state index in [0.29, 0.717) is 5.69 Å². The lowest BCUT2D eigenvalue weighted by Gasteiger charge is -2.12. The molecule has 0 heterocycles. The van der Waals surface area contributed by atoms with Gasteiger partial charge in [0.25, 0.3) is 0 Å². The van der Waals surface area contributed by atoms with E-state index in [0.717, 1.165) is 11.8 Å². The average molecular weight is 374 g/mol. The van der Waals surface area contributed by atoms with Gasteiger partial charge in [0.15, 0.2) is 0 Å². The molecule has 1 atom stereocenters. The molecule has 0 aliphatic carbocycles. The van der Waals surface area contributed by atoms with E-state index in [-0.39, 0.29) is 22.6 Å². The van der Waals surface area contributed by atoms with Gasteiger partial charge in [0.1, 0.15) is 0 Å². The number of ether oxygens (including phenoxy) is 1. The van der Waals surface area contributed by atoms with Crippen molar-refractivity contribution in [1.82, 2.24) is 4.72 Å². The second-order valence-electron chi connectivity index (χ2n) is 5.32. The fraction of sp³-hybridized carbons (Fsp3) is 0.467. The standard InChI is InChI=1S/C15H22N2O5S2/c1-10(2)17-24(20,21)13-7-5-12(6-8-13)16-15(19)11(3)23-9-14(18)22-4/h5-8,10-11,17H,9H2,1-4H3,(H,16,19). The molecule has 134 valence electrons. The van der Waals surface area contributed by atoms with Crippen molar-refractivity contribution in [2.75, 3.05) is 18.2 Å². The summed E-state index contributed by atoms with van der Waals surface area (Å²) in [6.45, 7) is 5.15. The Kier molecular flexibility index (Phi) is 7.71. The van der Waals surface area contributed by atoms with E-state index in [1.807, 2.05) is 0 Å². The quantitative estimate of drug-likeness (QED) is 0.670. The summed E-state index contributed by atoms with van der Waals surface area (Å²) in [5.41, 5.74) is 0.481. The lowest BCUT2D eigenvalue weighted by atomic mass is 10.3. The third kappa shape index (κ3) is 6.50. The molecule has 1 aromatic carbocycles. The van der Waals surface area contributed by atoms with Gasteiger partial charge in [-0.05, 0) is 45.0 Å². The lowest BCUT2D eigenvalue weighted by Crippen LogP contribution is -2.30. The number of carbonyl (C=O) groups excluding carboxylic acids is 2. The molecular weight excluding hydrogens is 352 g/mol. The summed E-state index contributed by atoms with van der Waals surface area (Å²) in [4.78, 5) is 23.2. The van der Waals surface area contributed by atoms with Crippen molar-refractivity contribution in [1.29, 1.82) is 0 Å². The van der Waals surface area contributed by atoms with Gasteiger partial charge in [-0.25, -0.2) is 13.1 Å². The van der Waals surface area contributed by atoms with E-state index in [1.54, 1.807) is 20.8 Å². The second-order valence-corrected chi connectivity index (χ2v) is 8.36. The van der Waals surface area contributed by atoms with Crippen LogP contribution >= 0.6 is 11.8 Å². The third-order valence-corrected chi connectivity index (χ3v) is 5.66. The first-order valence-corrected chi connectivity index (χ1v) is 9.80. The fourth-order valence-corrected chi connectivity index (χ4v) is 3.63. The number of hydrogen-bond donors (Lipinski definition) is 2. The number of methoxy groups -OCH3 is 1. The molecule has 9 heteroatoms. The molecule has 1 unspecified atom stereocenters. The van der Waals surface area contributed by atoms with E-state index in [1.165, 1.54) is 31.4 Å². The molecule has 24 heavy (non-hydrogen) atoms. The molecule has 0 aromatic heterocycles. The molecule has 0 spiro atoms. The highest BCUT2D eigenvalue weighted by Gasteiger charge is 2.17. The minimum atomic E-state index is -3.56. The van der Waals surface area contributed by atoms with Crippen molar-refractivity contribution < 1.29 is 22.7 Å². The molecule has 0 aliphatic rings. The molecule has 7 nitrogen and oxygen atoms in total. The van der Waals surface area contributed by atoms with Gasteiger partial charge >= 0.3 is 5.97 Å². The number of hydrogen-bond acceptors (Lipinski definition) is 6. The van der Waals surface area contributed by atoms with Gasteiger partial charge in [-0.1, -0.05) is 0 Å². The highest BCUT2D eigenvalue weighted by Crippen LogP contribution is 2.17. The molecular formula is C15H22N2O5S2. The predicted molar refractivity (Wildman–Crippen MR) is 94.5 cm³/mol. The first-order valence-electron chi connectivity index (χ1n) is 7.27. The monoisotopic (exact) mass is 374 g/mol. The van der Waals surface area contributed by atoms with Crippen LogP contribution in [-0.2, 0) is 24.3 Å². The van der Waals surface area contributed by atoms with Crippen LogP contribution in [0.25, 0.3) is 0 Å². The average Bonchev–Trinajstić information content (AvgIpc) is 2.51. The number of amides is 1. The highest BCUT2D eigenvalue weighted by molar-refractivity contribution is 8.01. The zero-order valence-corrected chi connectivity index (χ0v) is 15.7. The van der Waals surface area contributed by atoms with Crippen LogP contribution < -0.4 is 10.0 Å². The number of carbonyl (C=O) groups is 2. The van der Waals surface area contributed by atoms with Crippen molar-refractivity contribution in [2.24, 2.45) is 0 Å². The van der Waals surface area contributed by atoms with E-state index < -0.39 is 21.2 Å². The van der Waals surface area contributed by atoms with Gasteiger partial charge in [0, 0.05) is 11.7 Å². The second kappa shape index (κ2) is 9.05. The Morgan fingerprint density at radius 3 is 2.25 bits per heavy atom. The summed E-state index contributed by atoms with van der Waals surface area (Å²) < 4.78 is 31.0. The summed E-state index contributed by atoms with van der Waals surface area (Å²) >= 11 is 1.16. The molecule has 0 bridgehead atoms. The first-order chi connectivity index (χ1) is 11.2. The molecule has 0 radical (unpaired) electrons. The largest absolute Gasteiger partial charge is 0.468 e. The van der Waals surface area contributed by atoms with Crippen molar-refractivity contribution in [2.45, 2.75) is 37.0 Å². The van der Waals surface area contributed by atoms with Gasteiger partial charge in [-0.3, -0.25) is 9.59 Å². The number of anilines is 1. The predicted octanol–water partition coefficient (Wildman–Crippen LogP) is 1.61. The SMILES string of the molecule is COC(=O)CSC(C)C(=O)Nc1ccc(S(=O)(=O)NC(C)C)cc1. The summed E-state index contributed by atoms with van der Waals surface area (Å²) in [5, 5.41) is 2.23. The Hall–Kier alpha value is -1.58. The van der Waals surface area contributed by atoms with Gasteiger partial charge < -0.3 is 10.1 Å². The molecule has 0 saturated heterocycles. The van der Waals surface area contributed by atoms with Gasteiger partial charge in [-0.2, -0.15) is 0 Å². The van der Waals surface area contributed by atoms with Crippen LogP contribution in [0.5, 0.6) is 0 Å². The Morgan fingerprint density at radius 1 is 1.17 bits per heavy atom. The lowest BCUT2D eigenvalue weighted by molar-refractivity contribution is -0.137. The number of rotatable bonds is 8. The van der Waals surface area contributed by atoms with E-state index in [4.69, 9.17) is 0 Å². The zero-order valence-electron chi connectivity index (χ0n) is 14.0.